The zero-order chi connectivity index (χ0) is 17.5. The lowest BCUT2D eigenvalue weighted by atomic mass is 9.97. The van der Waals surface area contributed by atoms with E-state index in [9.17, 15) is 9.59 Å². The highest BCUT2D eigenvalue weighted by molar-refractivity contribution is 7.41. The van der Waals surface area contributed by atoms with Gasteiger partial charge in [-0.1, -0.05) is 13.8 Å². The maximum Gasteiger partial charge on any atom is 0.409 e. The minimum atomic E-state index is -1.47. The Balaban J connectivity index is 2.04. The quantitative estimate of drug-likeness (QED) is 0.340. The fourth-order valence-electron chi connectivity index (χ4n) is 1.30. The summed E-state index contributed by atoms with van der Waals surface area (Å²) in [5.74, 6) is -0.326. The molecular weight excluding hydrogens is 325 g/mol. The van der Waals surface area contributed by atoms with Crippen LogP contribution in [0.4, 0.5) is 4.79 Å². The van der Waals surface area contributed by atoms with Crippen molar-refractivity contribution in [2.24, 2.45) is 10.8 Å². The van der Waals surface area contributed by atoms with Crippen molar-refractivity contribution in [2.45, 2.75) is 34.6 Å². The van der Waals surface area contributed by atoms with Crippen LogP contribution in [0.2, 0.25) is 0 Å². The Morgan fingerprint density at radius 3 is 2.35 bits per heavy atom. The molecule has 0 aromatic rings. The van der Waals surface area contributed by atoms with Crippen molar-refractivity contribution >= 4 is 20.7 Å². The largest absolute Gasteiger partial charge is 0.463 e. The lowest BCUT2D eigenvalue weighted by Gasteiger charge is -2.32. The number of alkyl carbamates (subject to hydrolysis) is 1. The second kappa shape index (κ2) is 8.78. The molecule has 1 aliphatic heterocycles. The molecule has 1 saturated heterocycles. The molecule has 0 atom stereocenters. The van der Waals surface area contributed by atoms with E-state index in [0.717, 1.165) is 0 Å². The average Bonchev–Trinajstić information content (AvgIpc) is 2.44. The van der Waals surface area contributed by atoms with E-state index < -0.39 is 20.1 Å². The fraction of sp³-hybridized carbons (Fsp3) is 0.857. The summed E-state index contributed by atoms with van der Waals surface area (Å²) < 4.78 is 25.8. The Morgan fingerprint density at radius 1 is 1.17 bits per heavy atom. The number of amides is 1. The number of rotatable bonds is 6. The van der Waals surface area contributed by atoms with E-state index in [0.29, 0.717) is 13.2 Å². The molecule has 1 rings (SSSR count). The van der Waals surface area contributed by atoms with Gasteiger partial charge in [-0.05, 0) is 20.8 Å². The number of hydrogen-bond donors (Lipinski definition) is 1. The monoisotopic (exact) mass is 351 g/mol. The molecular formula is C14H26NO7P. The van der Waals surface area contributed by atoms with Crippen LogP contribution >= 0.6 is 8.60 Å². The Hall–Kier alpha value is -0.950. The molecule has 23 heavy (non-hydrogen) atoms. The summed E-state index contributed by atoms with van der Waals surface area (Å²) in [6.07, 6.45) is -0.663. The van der Waals surface area contributed by atoms with Gasteiger partial charge in [-0.15, -0.1) is 0 Å². The molecule has 0 aromatic heterocycles. The van der Waals surface area contributed by atoms with Crippen LogP contribution in [0, 0.1) is 10.8 Å². The van der Waals surface area contributed by atoms with Crippen LogP contribution in [0.5, 0.6) is 0 Å². The fourth-order valence-corrected chi connectivity index (χ4v) is 2.57. The summed E-state index contributed by atoms with van der Waals surface area (Å²) in [6, 6.07) is 0. The lowest BCUT2D eigenvalue weighted by Crippen LogP contribution is -2.31. The third-order valence-electron chi connectivity index (χ3n) is 2.69. The van der Waals surface area contributed by atoms with Crippen molar-refractivity contribution in [3.8, 4) is 0 Å². The van der Waals surface area contributed by atoms with Gasteiger partial charge in [0.1, 0.15) is 6.61 Å². The van der Waals surface area contributed by atoms with Crippen LogP contribution < -0.4 is 5.32 Å². The molecule has 9 heteroatoms. The summed E-state index contributed by atoms with van der Waals surface area (Å²) in [5.41, 5.74) is -0.601. The Labute approximate surface area is 138 Å². The highest BCUT2D eigenvalue weighted by Gasteiger charge is 2.30. The van der Waals surface area contributed by atoms with E-state index >= 15 is 0 Å². The first-order chi connectivity index (χ1) is 10.6. The molecule has 1 heterocycles. The zero-order valence-corrected chi connectivity index (χ0v) is 15.2. The van der Waals surface area contributed by atoms with E-state index in [2.05, 4.69) is 5.32 Å². The summed E-state index contributed by atoms with van der Waals surface area (Å²) in [6.45, 7) is 10.4. The minimum absolute atomic E-state index is 0.0368. The minimum Gasteiger partial charge on any atom is -0.463 e. The summed E-state index contributed by atoms with van der Waals surface area (Å²) >= 11 is 0. The van der Waals surface area contributed by atoms with Crippen LogP contribution in [0.3, 0.4) is 0 Å². The molecule has 0 bridgehead atoms. The number of hydrogen-bond acceptors (Lipinski definition) is 7. The smallest absolute Gasteiger partial charge is 0.409 e. The van der Waals surface area contributed by atoms with Crippen LogP contribution in [-0.2, 0) is 27.8 Å². The molecule has 0 spiro atoms. The Morgan fingerprint density at radius 2 is 1.78 bits per heavy atom. The van der Waals surface area contributed by atoms with E-state index in [1.54, 1.807) is 20.8 Å². The summed E-state index contributed by atoms with van der Waals surface area (Å²) in [7, 11) is -1.47. The van der Waals surface area contributed by atoms with Crippen molar-refractivity contribution < 1.29 is 32.6 Å². The van der Waals surface area contributed by atoms with Gasteiger partial charge in [0, 0.05) is 5.41 Å². The third kappa shape index (κ3) is 8.46. The second-order valence-electron chi connectivity index (χ2n) is 6.93. The van der Waals surface area contributed by atoms with Crippen LogP contribution in [0.1, 0.15) is 34.6 Å². The van der Waals surface area contributed by atoms with Gasteiger partial charge in [0.25, 0.3) is 0 Å². The Bertz CT molecular complexity index is 398. The van der Waals surface area contributed by atoms with Crippen LogP contribution in [-0.4, -0.2) is 45.2 Å². The molecule has 0 radical (unpaired) electrons. The molecule has 1 aliphatic rings. The van der Waals surface area contributed by atoms with Gasteiger partial charge in [-0.25, -0.2) is 4.79 Å². The first-order valence-electron chi connectivity index (χ1n) is 7.37. The number of nitrogens with one attached hydrogen (secondary N) is 1. The SMILES string of the molecule is CC1(C)COP(OCOC(=O)NCCOC(=O)C(C)(C)C)OC1. The van der Waals surface area contributed by atoms with Gasteiger partial charge in [-0.2, -0.15) is 0 Å². The van der Waals surface area contributed by atoms with Crippen molar-refractivity contribution in [2.75, 3.05) is 33.2 Å². The van der Waals surface area contributed by atoms with Gasteiger partial charge in [0.2, 0.25) is 6.79 Å². The molecule has 134 valence electrons. The van der Waals surface area contributed by atoms with Gasteiger partial charge < -0.3 is 23.8 Å². The number of carbonyl (C=O) groups excluding carboxylic acids is 2. The summed E-state index contributed by atoms with van der Waals surface area (Å²) in [4.78, 5) is 22.9. The predicted octanol–water partition coefficient (Wildman–Crippen LogP) is 2.58. The molecule has 0 aromatic carbocycles. The van der Waals surface area contributed by atoms with Gasteiger partial charge in [0.05, 0.1) is 25.2 Å². The predicted molar refractivity (Wildman–Crippen MR) is 83.5 cm³/mol. The molecule has 1 fully saturated rings. The zero-order valence-electron chi connectivity index (χ0n) is 14.3. The molecule has 8 nitrogen and oxygen atoms in total. The van der Waals surface area contributed by atoms with E-state index in [1.165, 1.54) is 0 Å². The highest BCUT2D eigenvalue weighted by Crippen LogP contribution is 2.46. The highest BCUT2D eigenvalue weighted by atomic mass is 31.2. The molecule has 0 aliphatic carbocycles. The van der Waals surface area contributed by atoms with Crippen molar-refractivity contribution in [1.82, 2.24) is 5.32 Å². The maximum absolute atomic E-state index is 11.5. The topological polar surface area (TPSA) is 92.3 Å². The molecule has 0 saturated carbocycles. The normalized spacial score (nSPS) is 18.3. The van der Waals surface area contributed by atoms with Gasteiger partial charge >= 0.3 is 20.7 Å². The van der Waals surface area contributed by atoms with E-state index in [1.807, 2.05) is 13.8 Å². The maximum atomic E-state index is 11.5. The standard InChI is InChI=1S/C14H26NO7P/c1-13(2,3)11(16)18-7-6-15-12(17)19-10-22-23-20-8-14(4,5)9-21-23/h6-10H2,1-5H3,(H,15,17). The lowest BCUT2D eigenvalue weighted by molar-refractivity contribution is -0.152. The number of ether oxygens (including phenoxy) is 2. The third-order valence-corrected chi connectivity index (χ3v) is 3.68. The summed E-state index contributed by atoms with van der Waals surface area (Å²) in [5, 5.41) is 2.45. The molecule has 1 N–H and O–H groups in total. The van der Waals surface area contributed by atoms with Gasteiger partial charge in [0.15, 0.2) is 0 Å². The molecule has 1 amide bonds. The number of esters is 1. The van der Waals surface area contributed by atoms with E-state index in [4.69, 9.17) is 23.0 Å². The van der Waals surface area contributed by atoms with Crippen LogP contribution in [0.25, 0.3) is 0 Å². The first kappa shape index (κ1) is 20.1. The second-order valence-corrected chi connectivity index (χ2v) is 8.15. The van der Waals surface area contributed by atoms with Crippen molar-refractivity contribution in [3.63, 3.8) is 0 Å². The van der Waals surface area contributed by atoms with E-state index in [-0.39, 0.29) is 31.3 Å². The van der Waals surface area contributed by atoms with Gasteiger partial charge in [-0.3, -0.25) is 9.32 Å². The number of carbonyl (C=O) groups is 2. The Kier molecular flexibility index (Phi) is 7.67. The molecule has 0 unspecified atom stereocenters. The average molecular weight is 351 g/mol. The van der Waals surface area contributed by atoms with Crippen LogP contribution in [0.15, 0.2) is 0 Å². The van der Waals surface area contributed by atoms with Crippen molar-refractivity contribution in [1.29, 1.82) is 0 Å². The first-order valence-corrected chi connectivity index (χ1v) is 8.46. The van der Waals surface area contributed by atoms with Crippen molar-refractivity contribution in [3.05, 3.63) is 0 Å².